The number of hydrogen-bond acceptors (Lipinski definition) is 5. The summed E-state index contributed by atoms with van der Waals surface area (Å²) in [6.07, 6.45) is 5.07. The highest BCUT2D eigenvalue weighted by molar-refractivity contribution is 7.10. The Bertz CT molecular complexity index is 1060. The molecule has 6 heteroatoms. The van der Waals surface area contributed by atoms with Crippen LogP contribution in [0.5, 0.6) is 5.75 Å². The number of rotatable bonds is 4. The number of amides is 1. The van der Waals surface area contributed by atoms with Crippen molar-refractivity contribution in [1.82, 2.24) is 4.90 Å². The van der Waals surface area contributed by atoms with Crippen LogP contribution in [-0.2, 0) is 9.59 Å². The van der Waals surface area contributed by atoms with Gasteiger partial charge in [0.1, 0.15) is 17.6 Å². The van der Waals surface area contributed by atoms with E-state index in [1.54, 1.807) is 12.0 Å². The number of likely N-dealkylation sites (tertiary alicyclic amines) is 1. The van der Waals surface area contributed by atoms with Crippen molar-refractivity contribution in [3.63, 3.8) is 0 Å². The average molecular weight is 440 g/mol. The summed E-state index contributed by atoms with van der Waals surface area (Å²) < 4.78 is 5.39. The zero-order valence-corrected chi connectivity index (χ0v) is 19.3. The number of aryl methyl sites for hydroxylation is 3. The third kappa shape index (κ3) is 3.67. The van der Waals surface area contributed by atoms with Gasteiger partial charge in [-0.3, -0.25) is 9.59 Å². The second-order valence-electron chi connectivity index (χ2n) is 8.60. The third-order valence-corrected chi connectivity index (χ3v) is 7.67. The zero-order valence-electron chi connectivity index (χ0n) is 18.5. The quantitative estimate of drug-likeness (QED) is 0.392. The van der Waals surface area contributed by atoms with Gasteiger partial charge in [0.15, 0.2) is 0 Å². The van der Waals surface area contributed by atoms with Crippen LogP contribution in [0.3, 0.4) is 0 Å². The van der Waals surface area contributed by atoms with Crippen LogP contribution in [0.25, 0.3) is 5.76 Å². The van der Waals surface area contributed by atoms with E-state index in [2.05, 4.69) is 0 Å². The summed E-state index contributed by atoms with van der Waals surface area (Å²) in [6, 6.07) is 5.18. The first-order valence-corrected chi connectivity index (χ1v) is 11.7. The molecule has 1 atom stereocenters. The lowest BCUT2D eigenvalue weighted by Gasteiger charge is -2.35. The van der Waals surface area contributed by atoms with Gasteiger partial charge < -0.3 is 14.7 Å². The van der Waals surface area contributed by atoms with Crippen molar-refractivity contribution < 1.29 is 19.4 Å². The van der Waals surface area contributed by atoms with E-state index in [1.165, 1.54) is 11.3 Å². The Morgan fingerprint density at radius 1 is 1.06 bits per heavy atom. The second-order valence-corrected chi connectivity index (χ2v) is 9.55. The minimum absolute atomic E-state index is 0.0284. The van der Waals surface area contributed by atoms with E-state index < -0.39 is 17.7 Å². The molecule has 1 aromatic carbocycles. The molecule has 0 radical (unpaired) electrons. The lowest BCUT2D eigenvalue weighted by atomic mass is 9.92. The number of hydrogen-bond donors (Lipinski definition) is 1. The molecule has 1 aromatic heterocycles. The Hall–Kier alpha value is -2.60. The van der Waals surface area contributed by atoms with Gasteiger partial charge in [-0.1, -0.05) is 19.3 Å². The zero-order chi connectivity index (χ0) is 22.3. The van der Waals surface area contributed by atoms with E-state index in [-0.39, 0.29) is 17.4 Å². The van der Waals surface area contributed by atoms with E-state index >= 15 is 0 Å². The van der Waals surface area contributed by atoms with Gasteiger partial charge in [-0.15, -0.1) is 11.3 Å². The van der Waals surface area contributed by atoms with Crippen molar-refractivity contribution in [2.45, 2.75) is 65.0 Å². The van der Waals surface area contributed by atoms with E-state index in [0.717, 1.165) is 59.4 Å². The lowest BCUT2D eigenvalue weighted by molar-refractivity contribution is -0.141. The Kier molecular flexibility index (Phi) is 5.93. The Morgan fingerprint density at radius 3 is 2.39 bits per heavy atom. The molecular formula is C25H29NO4S. The van der Waals surface area contributed by atoms with Gasteiger partial charge in [-0.2, -0.15) is 0 Å². The maximum absolute atomic E-state index is 13.3. The van der Waals surface area contributed by atoms with Gasteiger partial charge >= 0.3 is 0 Å². The highest BCUT2D eigenvalue weighted by atomic mass is 32.1. The van der Waals surface area contributed by atoms with Gasteiger partial charge in [0, 0.05) is 16.5 Å². The SMILES string of the molecule is COc1cc(C)c(/C(O)=C2\C(=O)C(=O)N(C3CCCCC3)C2c2sccc2C)cc1C. The highest BCUT2D eigenvalue weighted by Crippen LogP contribution is 2.46. The van der Waals surface area contributed by atoms with Crippen LogP contribution in [0.2, 0.25) is 0 Å². The summed E-state index contributed by atoms with van der Waals surface area (Å²) in [5.74, 6) is -0.456. The topological polar surface area (TPSA) is 66.8 Å². The summed E-state index contributed by atoms with van der Waals surface area (Å²) in [4.78, 5) is 29.2. The third-order valence-electron chi connectivity index (χ3n) is 6.60. The van der Waals surface area contributed by atoms with Crippen molar-refractivity contribution in [3.8, 4) is 5.75 Å². The van der Waals surface area contributed by atoms with Crippen LogP contribution in [0.4, 0.5) is 0 Å². The van der Waals surface area contributed by atoms with Gasteiger partial charge in [-0.05, 0) is 73.9 Å². The molecule has 31 heavy (non-hydrogen) atoms. The minimum Gasteiger partial charge on any atom is -0.507 e. The molecule has 0 spiro atoms. The molecule has 4 rings (SSSR count). The summed E-state index contributed by atoms with van der Waals surface area (Å²) in [5.41, 5.74) is 3.46. The number of carbonyl (C=O) groups is 2. The molecule has 164 valence electrons. The molecule has 1 amide bonds. The Morgan fingerprint density at radius 2 is 1.77 bits per heavy atom. The number of aliphatic hydroxyl groups excluding tert-OH is 1. The molecule has 2 aromatic rings. The molecule has 1 N–H and O–H groups in total. The molecule has 1 saturated heterocycles. The summed E-state index contributed by atoms with van der Waals surface area (Å²) in [5, 5.41) is 13.4. The van der Waals surface area contributed by atoms with Crippen molar-refractivity contribution in [1.29, 1.82) is 0 Å². The second kappa shape index (κ2) is 8.50. The lowest BCUT2D eigenvalue weighted by Crippen LogP contribution is -2.40. The normalized spacial score (nSPS) is 21.7. The smallest absolute Gasteiger partial charge is 0.295 e. The van der Waals surface area contributed by atoms with Gasteiger partial charge in [0.05, 0.1) is 12.7 Å². The molecule has 2 heterocycles. The summed E-state index contributed by atoms with van der Waals surface area (Å²) in [6.45, 7) is 5.77. The largest absolute Gasteiger partial charge is 0.507 e. The summed E-state index contributed by atoms with van der Waals surface area (Å²) in [7, 11) is 1.61. The number of Topliss-reactive ketones (excluding diaryl/α,β-unsaturated/α-hetero) is 1. The van der Waals surface area contributed by atoms with E-state index in [4.69, 9.17) is 4.74 Å². The van der Waals surface area contributed by atoms with Gasteiger partial charge in [0.2, 0.25) is 0 Å². The van der Waals surface area contributed by atoms with Crippen LogP contribution in [0.15, 0.2) is 29.2 Å². The van der Waals surface area contributed by atoms with Crippen LogP contribution in [0, 0.1) is 20.8 Å². The van der Waals surface area contributed by atoms with E-state index in [0.29, 0.717) is 5.56 Å². The van der Waals surface area contributed by atoms with Crippen molar-refractivity contribution in [2.24, 2.45) is 0 Å². The minimum atomic E-state index is -0.589. The van der Waals surface area contributed by atoms with Crippen molar-refractivity contribution >= 4 is 28.8 Å². The van der Waals surface area contributed by atoms with Crippen molar-refractivity contribution in [3.05, 3.63) is 56.3 Å². The molecule has 1 unspecified atom stereocenters. The molecule has 5 nitrogen and oxygen atoms in total. The Labute approximate surface area is 187 Å². The predicted molar refractivity (Wildman–Crippen MR) is 123 cm³/mol. The molecule has 2 fully saturated rings. The number of thiophene rings is 1. The fraction of sp³-hybridized carbons (Fsp3) is 0.440. The molecule has 2 aliphatic rings. The van der Waals surface area contributed by atoms with Crippen molar-refractivity contribution in [2.75, 3.05) is 7.11 Å². The number of aliphatic hydroxyl groups is 1. The standard InChI is InChI=1S/C25H29NO4S/c1-14-10-11-31-24(14)21-20(22(27)18-12-16(3)19(30-4)13-15(18)2)23(28)25(29)26(21)17-8-6-5-7-9-17/h10-13,17,21,27H,5-9H2,1-4H3/b22-20+. The van der Waals surface area contributed by atoms with E-state index in [9.17, 15) is 14.7 Å². The maximum Gasteiger partial charge on any atom is 0.295 e. The number of ether oxygens (including phenoxy) is 1. The molecule has 1 aliphatic heterocycles. The fourth-order valence-corrected chi connectivity index (χ4v) is 5.95. The maximum atomic E-state index is 13.3. The van der Waals surface area contributed by atoms with Gasteiger partial charge in [0.25, 0.3) is 11.7 Å². The van der Waals surface area contributed by atoms with Crippen LogP contribution in [0.1, 0.15) is 65.3 Å². The summed E-state index contributed by atoms with van der Waals surface area (Å²) >= 11 is 1.54. The Balaban J connectivity index is 1.90. The first kappa shape index (κ1) is 21.6. The first-order chi connectivity index (χ1) is 14.8. The average Bonchev–Trinajstić information content (AvgIpc) is 3.30. The fourth-order valence-electron chi connectivity index (χ4n) is 4.92. The number of methoxy groups -OCH3 is 1. The molecule has 0 bridgehead atoms. The number of nitrogens with zero attached hydrogens (tertiary/aromatic N) is 1. The molecule has 1 aliphatic carbocycles. The monoisotopic (exact) mass is 439 g/mol. The van der Waals surface area contributed by atoms with Crippen LogP contribution in [-0.4, -0.2) is 34.8 Å². The van der Waals surface area contributed by atoms with Crippen LogP contribution >= 0.6 is 11.3 Å². The molecule has 1 saturated carbocycles. The van der Waals surface area contributed by atoms with E-state index in [1.807, 2.05) is 44.4 Å². The number of carbonyl (C=O) groups excluding carboxylic acids is 2. The van der Waals surface area contributed by atoms with Gasteiger partial charge in [-0.25, -0.2) is 0 Å². The predicted octanol–water partition coefficient (Wildman–Crippen LogP) is 5.44. The number of ketones is 1. The first-order valence-electron chi connectivity index (χ1n) is 10.8. The van der Waals surface area contributed by atoms with Crippen LogP contribution < -0.4 is 4.74 Å². The number of benzene rings is 1. The molecular weight excluding hydrogens is 410 g/mol. The highest BCUT2D eigenvalue weighted by Gasteiger charge is 2.49.